The predicted octanol–water partition coefficient (Wildman–Crippen LogP) is 1.84. The van der Waals surface area contributed by atoms with Crippen molar-refractivity contribution in [1.82, 2.24) is 4.98 Å². The Bertz CT molecular complexity index is 315. The molecule has 0 aromatic carbocycles. The number of alkyl halides is 2. The number of carbonyl (C=O) groups excluding carboxylic acids is 1. The van der Waals surface area contributed by atoms with Gasteiger partial charge in [-0.3, -0.25) is 9.78 Å². The number of pyridine rings is 1. The molecule has 0 bridgehead atoms. The summed E-state index contributed by atoms with van der Waals surface area (Å²) in [6, 6.07) is 0. The van der Waals surface area contributed by atoms with Gasteiger partial charge in [-0.1, -0.05) is 0 Å². The molecule has 0 N–H and O–H groups in total. The Labute approximate surface area is 73.4 Å². The van der Waals surface area contributed by atoms with Crippen LogP contribution in [0.25, 0.3) is 0 Å². The van der Waals surface area contributed by atoms with E-state index in [1.807, 2.05) is 0 Å². The Balaban J connectivity index is 3.29. The van der Waals surface area contributed by atoms with E-state index in [-0.39, 0.29) is 11.3 Å². The smallest absolute Gasteiger partial charge is 0.268 e. The number of rotatable bonds is 3. The molecule has 0 unspecified atom stereocenters. The maximum Gasteiger partial charge on any atom is 0.268 e. The summed E-state index contributed by atoms with van der Waals surface area (Å²) in [5, 5.41) is 0. The summed E-state index contributed by atoms with van der Waals surface area (Å²) >= 11 is 0. The van der Waals surface area contributed by atoms with Crippen molar-refractivity contribution >= 4 is 6.29 Å². The Morgan fingerprint density at radius 1 is 1.54 bits per heavy atom. The summed E-state index contributed by atoms with van der Waals surface area (Å²) in [5.41, 5.74) is -0.554. The van der Waals surface area contributed by atoms with Crippen LogP contribution in [-0.4, -0.2) is 18.4 Å². The number of aromatic nitrogens is 1. The van der Waals surface area contributed by atoms with Crippen LogP contribution in [0.5, 0.6) is 5.75 Å². The van der Waals surface area contributed by atoms with Crippen LogP contribution < -0.4 is 4.74 Å². The minimum absolute atomic E-state index is 0.0698. The average Bonchev–Trinajstić information content (AvgIpc) is 2.16. The van der Waals surface area contributed by atoms with Gasteiger partial charge in [-0.25, -0.2) is 8.78 Å². The molecule has 1 heterocycles. The Hall–Kier alpha value is -1.52. The monoisotopic (exact) mass is 187 g/mol. The fraction of sp³-hybridized carbons (Fsp3) is 0.250. The van der Waals surface area contributed by atoms with E-state index in [0.29, 0.717) is 6.29 Å². The van der Waals surface area contributed by atoms with Crippen molar-refractivity contribution in [2.75, 3.05) is 7.11 Å². The van der Waals surface area contributed by atoms with Gasteiger partial charge in [0.2, 0.25) is 0 Å². The molecule has 0 aliphatic rings. The van der Waals surface area contributed by atoms with Crippen LogP contribution >= 0.6 is 0 Å². The van der Waals surface area contributed by atoms with Crippen LogP contribution in [0.15, 0.2) is 12.4 Å². The Kier molecular flexibility index (Phi) is 2.89. The van der Waals surface area contributed by atoms with Crippen molar-refractivity contribution in [2.24, 2.45) is 0 Å². The molecule has 1 rings (SSSR count). The third-order valence-corrected chi connectivity index (χ3v) is 1.55. The van der Waals surface area contributed by atoms with Gasteiger partial charge in [-0.2, -0.15) is 0 Å². The van der Waals surface area contributed by atoms with Gasteiger partial charge in [-0.15, -0.1) is 0 Å². The van der Waals surface area contributed by atoms with Crippen molar-refractivity contribution in [2.45, 2.75) is 6.43 Å². The summed E-state index contributed by atoms with van der Waals surface area (Å²) in [4.78, 5) is 14.0. The fourth-order valence-electron chi connectivity index (χ4n) is 0.957. The highest BCUT2D eigenvalue weighted by Gasteiger charge is 2.18. The van der Waals surface area contributed by atoms with E-state index < -0.39 is 12.0 Å². The van der Waals surface area contributed by atoms with Gasteiger partial charge in [-0.05, 0) is 0 Å². The van der Waals surface area contributed by atoms with E-state index in [9.17, 15) is 13.6 Å². The van der Waals surface area contributed by atoms with E-state index in [1.54, 1.807) is 0 Å². The van der Waals surface area contributed by atoms with Crippen molar-refractivity contribution in [3.8, 4) is 5.75 Å². The summed E-state index contributed by atoms with van der Waals surface area (Å²) in [5.74, 6) is -0.0698. The van der Waals surface area contributed by atoms with Crippen LogP contribution in [0, 0.1) is 0 Å². The van der Waals surface area contributed by atoms with Crippen LogP contribution in [0.3, 0.4) is 0 Å². The van der Waals surface area contributed by atoms with Gasteiger partial charge in [0.05, 0.1) is 18.9 Å². The third-order valence-electron chi connectivity index (χ3n) is 1.55. The van der Waals surface area contributed by atoms with Crippen LogP contribution in [0.1, 0.15) is 22.3 Å². The zero-order valence-electron chi connectivity index (χ0n) is 6.83. The van der Waals surface area contributed by atoms with Crippen molar-refractivity contribution < 1.29 is 18.3 Å². The summed E-state index contributed by atoms with van der Waals surface area (Å²) < 4.78 is 29.4. The largest absolute Gasteiger partial charge is 0.495 e. The molecular weight excluding hydrogens is 180 g/mol. The molecule has 0 aliphatic carbocycles. The van der Waals surface area contributed by atoms with Gasteiger partial charge in [0, 0.05) is 11.8 Å². The SMILES string of the molecule is COc1cncc(C=O)c1C(F)F. The topological polar surface area (TPSA) is 39.2 Å². The van der Waals surface area contributed by atoms with Crippen molar-refractivity contribution in [1.29, 1.82) is 0 Å². The molecule has 13 heavy (non-hydrogen) atoms. The van der Waals surface area contributed by atoms with E-state index in [1.165, 1.54) is 7.11 Å². The van der Waals surface area contributed by atoms with Gasteiger partial charge in [0.25, 0.3) is 6.43 Å². The lowest BCUT2D eigenvalue weighted by Crippen LogP contribution is -1.99. The standard InChI is InChI=1S/C8H7F2NO2/c1-13-6-3-11-2-5(4-12)7(6)8(9)10/h2-4,8H,1H3. The maximum absolute atomic E-state index is 12.4. The molecule has 3 nitrogen and oxygen atoms in total. The van der Waals surface area contributed by atoms with Crippen molar-refractivity contribution in [3.63, 3.8) is 0 Å². The van der Waals surface area contributed by atoms with Gasteiger partial charge >= 0.3 is 0 Å². The highest BCUT2D eigenvalue weighted by atomic mass is 19.3. The van der Waals surface area contributed by atoms with Gasteiger partial charge in [0.1, 0.15) is 5.75 Å². The van der Waals surface area contributed by atoms with Gasteiger partial charge in [0.15, 0.2) is 6.29 Å². The second-order valence-corrected chi connectivity index (χ2v) is 2.26. The summed E-state index contributed by atoms with van der Waals surface area (Å²) in [6.07, 6.45) is -0.180. The molecule has 0 amide bonds. The number of hydrogen-bond acceptors (Lipinski definition) is 3. The number of ether oxygens (including phenoxy) is 1. The lowest BCUT2D eigenvalue weighted by molar-refractivity contribution is 0.110. The molecule has 0 aliphatic heterocycles. The summed E-state index contributed by atoms with van der Waals surface area (Å²) in [6.45, 7) is 0. The predicted molar refractivity (Wildman–Crippen MR) is 41.1 cm³/mol. The Morgan fingerprint density at radius 2 is 2.23 bits per heavy atom. The maximum atomic E-state index is 12.4. The van der Waals surface area contributed by atoms with E-state index >= 15 is 0 Å². The van der Waals surface area contributed by atoms with E-state index in [2.05, 4.69) is 9.72 Å². The second kappa shape index (κ2) is 3.93. The minimum atomic E-state index is -2.74. The first-order chi connectivity index (χ1) is 6.20. The highest BCUT2D eigenvalue weighted by molar-refractivity contribution is 5.78. The van der Waals surface area contributed by atoms with E-state index in [4.69, 9.17) is 0 Å². The quantitative estimate of drug-likeness (QED) is 0.677. The average molecular weight is 187 g/mol. The molecule has 0 saturated carbocycles. The molecule has 0 atom stereocenters. The lowest BCUT2D eigenvalue weighted by atomic mass is 10.1. The number of nitrogens with zero attached hydrogens (tertiary/aromatic N) is 1. The Morgan fingerprint density at radius 3 is 2.69 bits per heavy atom. The number of hydrogen-bond donors (Lipinski definition) is 0. The number of aldehydes is 1. The first-order valence-electron chi connectivity index (χ1n) is 3.46. The van der Waals surface area contributed by atoms with E-state index in [0.717, 1.165) is 12.4 Å². The zero-order valence-corrected chi connectivity index (χ0v) is 6.83. The molecule has 1 aromatic heterocycles. The summed E-state index contributed by atoms with van der Waals surface area (Å²) in [7, 11) is 1.25. The number of halogens is 2. The second-order valence-electron chi connectivity index (χ2n) is 2.26. The zero-order chi connectivity index (χ0) is 9.84. The molecule has 0 radical (unpaired) electrons. The normalized spacial score (nSPS) is 10.2. The van der Waals surface area contributed by atoms with Crippen molar-refractivity contribution in [3.05, 3.63) is 23.5 Å². The van der Waals surface area contributed by atoms with Crippen LogP contribution in [-0.2, 0) is 0 Å². The van der Waals surface area contributed by atoms with Gasteiger partial charge < -0.3 is 4.74 Å². The number of methoxy groups -OCH3 is 1. The molecule has 5 heteroatoms. The third kappa shape index (κ3) is 1.80. The molecule has 1 aromatic rings. The lowest BCUT2D eigenvalue weighted by Gasteiger charge is -2.08. The molecule has 70 valence electrons. The molecular formula is C8H7F2NO2. The minimum Gasteiger partial charge on any atom is -0.495 e. The van der Waals surface area contributed by atoms with Crippen LogP contribution in [0.2, 0.25) is 0 Å². The number of carbonyl (C=O) groups is 1. The fourth-order valence-corrected chi connectivity index (χ4v) is 0.957. The van der Waals surface area contributed by atoms with Crippen LogP contribution in [0.4, 0.5) is 8.78 Å². The first-order valence-corrected chi connectivity index (χ1v) is 3.46. The first kappa shape index (κ1) is 9.57. The molecule has 0 spiro atoms. The molecule has 0 saturated heterocycles. The molecule has 0 fully saturated rings. The highest BCUT2D eigenvalue weighted by Crippen LogP contribution is 2.30.